The van der Waals surface area contributed by atoms with Gasteiger partial charge in [-0.25, -0.2) is 0 Å². The van der Waals surface area contributed by atoms with Gasteiger partial charge in [-0.1, -0.05) is 48.0 Å². The average Bonchev–Trinajstić information content (AvgIpc) is 2.48. The smallest absolute Gasteiger partial charge is 0.122 e. The highest BCUT2D eigenvalue weighted by Crippen LogP contribution is 2.35. The maximum atomic E-state index is 10.6. The van der Waals surface area contributed by atoms with Crippen LogP contribution in [-0.4, -0.2) is 18.8 Å². The van der Waals surface area contributed by atoms with E-state index in [1.54, 1.807) is 7.11 Å². The molecule has 0 aliphatic rings. The molecule has 2 aromatic rings. The largest absolute Gasteiger partial charge is 0.496 e. The van der Waals surface area contributed by atoms with Gasteiger partial charge in [0.05, 0.1) is 13.2 Å². The number of hydrogen-bond acceptors (Lipinski definition) is 3. The van der Waals surface area contributed by atoms with Crippen LogP contribution in [0.1, 0.15) is 28.7 Å². The van der Waals surface area contributed by atoms with E-state index in [9.17, 15) is 5.11 Å². The number of benzene rings is 2. The summed E-state index contributed by atoms with van der Waals surface area (Å²) in [4.78, 5) is 0. The first-order valence-corrected chi connectivity index (χ1v) is 6.75. The third kappa shape index (κ3) is 3.00. The Morgan fingerprint density at radius 2 is 1.90 bits per heavy atom. The molecule has 2 rings (SSSR count). The van der Waals surface area contributed by atoms with Crippen molar-refractivity contribution in [3.05, 3.63) is 65.2 Å². The van der Waals surface area contributed by atoms with Gasteiger partial charge in [-0.05, 0) is 18.6 Å². The molecule has 0 saturated heterocycles. The van der Waals surface area contributed by atoms with Crippen LogP contribution in [0.3, 0.4) is 0 Å². The summed E-state index contributed by atoms with van der Waals surface area (Å²) in [6.45, 7) is 2.37. The zero-order valence-corrected chi connectivity index (χ0v) is 11.9. The van der Waals surface area contributed by atoms with Crippen molar-refractivity contribution < 1.29 is 9.84 Å². The number of hydrogen-bond donors (Lipinski definition) is 2. The Bertz CT molecular complexity index is 568. The number of rotatable bonds is 5. The zero-order chi connectivity index (χ0) is 14.5. The summed E-state index contributed by atoms with van der Waals surface area (Å²) in [7, 11) is 1.63. The Morgan fingerprint density at radius 3 is 2.55 bits per heavy atom. The molecular formula is C17H21NO2. The molecule has 0 radical (unpaired) electrons. The quantitative estimate of drug-likeness (QED) is 0.879. The Labute approximate surface area is 120 Å². The van der Waals surface area contributed by atoms with E-state index in [1.807, 2.05) is 55.5 Å². The van der Waals surface area contributed by atoms with Crippen molar-refractivity contribution in [2.24, 2.45) is 5.73 Å². The molecule has 2 unspecified atom stereocenters. The molecule has 0 amide bonds. The van der Waals surface area contributed by atoms with E-state index in [2.05, 4.69) is 0 Å². The van der Waals surface area contributed by atoms with Gasteiger partial charge in [0.2, 0.25) is 0 Å². The molecule has 3 heteroatoms. The highest BCUT2D eigenvalue weighted by molar-refractivity contribution is 5.39. The fourth-order valence-corrected chi connectivity index (χ4v) is 2.49. The third-order valence-corrected chi connectivity index (χ3v) is 3.56. The van der Waals surface area contributed by atoms with E-state index in [4.69, 9.17) is 10.5 Å². The summed E-state index contributed by atoms with van der Waals surface area (Å²) in [5.74, 6) is 0.572. The van der Waals surface area contributed by atoms with Crippen LogP contribution >= 0.6 is 0 Å². The molecule has 0 spiro atoms. The molecule has 3 nitrogen and oxygen atoms in total. The first-order valence-electron chi connectivity index (χ1n) is 6.75. The summed E-state index contributed by atoms with van der Waals surface area (Å²) < 4.78 is 5.37. The van der Waals surface area contributed by atoms with Gasteiger partial charge in [0.25, 0.3) is 0 Å². The van der Waals surface area contributed by atoms with Crippen LogP contribution < -0.4 is 10.5 Å². The predicted molar refractivity (Wildman–Crippen MR) is 80.9 cm³/mol. The average molecular weight is 271 g/mol. The van der Waals surface area contributed by atoms with Crippen molar-refractivity contribution in [1.82, 2.24) is 0 Å². The molecule has 0 aliphatic carbocycles. The van der Waals surface area contributed by atoms with Crippen molar-refractivity contribution in [1.29, 1.82) is 0 Å². The molecule has 3 N–H and O–H groups in total. The lowest BCUT2D eigenvalue weighted by molar-refractivity contribution is 0.146. The maximum absolute atomic E-state index is 10.6. The second-order valence-corrected chi connectivity index (χ2v) is 4.94. The lowest BCUT2D eigenvalue weighted by Gasteiger charge is -2.24. The predicted octanol–water partition coefficient (Wildman–Crippen LogP) is 2.78. The lowest BCUT2D eigenvalue weighted by atomic mass is 9.88. The molecule has 0 aromatic heterocycles. The summed E-state index contributed by atoms with van der Waals surface area (Å²) >= 11 is 0. The Kier molecular flexibility index (Phi) is 4.77. The van der Waals surface area contributed by atoms with Crippen molar-refractivity contribution in [2.75, 3.05) is 13.7 Å². The number of methoxy groups -OCH3 is 1. The van der Waals surface area contributed by atoms with E-state index in [-0.39, 0.29) is 5.92 Å². The van der Waals surface area contributed by atoms with Gasteiger partial charge in [0, 0.05) is 18.0 Å². The minimum Gasteiger partial charge on any atom is -0.496 e. The number of para-hydroxylation sites is 1. The summed E-state index contributed by atoms with van der Waals surface area (Å²) in [6.07, 6.45) is -0.642. The van der Waals surface area contributed by atoms with E-state index in [0.717, 1.165) is 22.4 Å². The maximum Gasteiger partial charge on any atom is 0.122 e. The molecule has 2 aromatic carbocycles. The Balaban J connectivity index is 2.36. The van der Waals surface area contributed by atoms with Crippen LogP contribution in [-0.2, 0) is 0 Å². The van der Waals surface area contributed by atoms with Crippen molar-refractivity contribution in [3.8, 4) is 5.75 Å². The molecule has 0 aliphatic heterocycles. The number of aliphatic hydroxyl groups is 1. The Hall–Kier alpha value is -1.84. The summed E-state index contributed by atoms with van der Waals surface area (Å²) in [5.41, 5.74) is 8.83. The molecular weight excluding hydrogens is 250 g/mol. The second-order valence-electron chi connectivity index (χ2n) is 4.94. The zero-order valence-electron chi connectivity index (χ0n) is 11.9. The molecule has 2 atom stereocenters. The van der Waals surface area contributed by atoms with Crippen molar-refractivity contribution in [2.45, 2.75) is 18.9 Å². The minimum atomic E-state index is -0.642. The monoisotopic (exact) mass is 271 g/mol. The van der Waals surface area contributed by atoms with Gasteiger partial charge in [-0.2, -0.15) is 0 Å². The van der Waals surface area contributed by atoms with E-state index in [1.165, 1.54) is 0 Å². The van der Waals surface area contributed by atoms with Crippen LogP contribution in [0.25, 0.3) is 0 Å². The summed E-state index contributed by atoms with van der Waals surface area (Å²) in [6, 6.07) is 15.6. The lowest BCUT2D eigenvalue weighted by Crippen LogP contribution is -2.20. The SMILES string of the molecule is COc1ccccc1C(CN)C(O)c1cccc(C)c1. The fraction of sp³-hybridized carbons (Fsp3) is 0.294. The first kappa shape index (κ1) is 14.6. The number of aliphatic hydroxyl groups excluding tert-OH is 1. The topological polar surface area (TPSA) is 55.5 Å². The summed E-state index contributed by atoms with van der Waals surface area (Å²) in [5, 5.41) is 10.6. The minimum absolute atomic E-state index is 0.187. The third-order valence-electron chi connectivity index (χ3n) is 3.56. The number of nitrogens with two attached hydrogens (primary N) is 1. The van der Waals surface area contributed by atoms with Crippen LogP contribution in [0.5, 0.6) is 5.75 Å². The van der Waals surface area contributed by atoms with Crippen LogP contribution in [0.2, 0.25) is 0 Å². The molecule has 0 saturated carbocycles. The van der Waals surface area contributed by atoms with E-state index >= 15 is 0 Å². The molecule has 0 fully saturated rings. The highest BCUT2D eigenvalue weighted by Gasteiger charge is 2.24. The van der Waals surface area contributed by atoms with Crippen molar-refractivity contribution in [3.63, 3.8) is 0 Å². The normalized spacial score (nSPS) is 13.8. The second kappa shape index (κ2) is 6.55. The standard InChI is InChI=1S/C17H21NO2/c1-12-6-5-7-13(10-12)17(19)15(11-18)14-8-3-4-9-16(14)20-2/h3-10,15,17,19H,11,18H2,1-2H3. The first-order chi connectivity index (χ1) is 9.67. The van der Waals surface area contributed by atoms with Crippen molar-refractivity contribution >= 4 is 0 Å². The highest BCUT2D eigenvalue weighted by atomic mass is 16.5. The number of ether oxygens (including phenoxy) is 1. The van der Waals surface area contributed by atoms with Gasteiger partial charge in [-0.15, -0.1) is 0 Å². The van der Waals surface area contributed by atoms with E-state index < -0.39 is 6.10 Å². The van der Waals surface area contributed by atoms with Gasteiger partial charge < -0.3 is 15.6 Å². The van der Waals surface area contributed by atoms with Gasteiger partial charge >= 0.3 is 0 Å². The number of aryl methyl sites for hydroxylation is 1. The Morgan fingerprint density at radius 1 is 1.15 bits per heavy atom. The van der Waals surface area contributed by atoms with E-state index in [0.29, 0.717) is 6.54 Å². The van der Waals surface area contributed by atoms with Crippen LogP contribution in [0.4, 0.5) is 0 Å². The molecule has 20 heavy (non-hydrogen) atoms. The fourth-order valence-electron chi connectivity index (χ4n) is 2.49. The van der Waals surface area contributed by atoms with Gasteiger partial charge in [0.15, 0.2) is 0 Å². The van der Waals surface area contributed by atoms with Gasteiger partial charge in [-0.3, -0.25) is 0 Å². The van der Waals surface area contributed by atoms with Gasteiger partial charge in [0.1, 0.15) is 5.75 Å². The molecule has 0 heterocycles. The van der Waals surface area contributed by atoms with Crippen LogP contribution in [0.15, 0.2) is 48.5 Å². The molecule has 0 bridgehead atoms. The molecule has 106 valence electrons. The van der Waals surface area contributed by atoms with Crippen LogP contribution in [0, 0.1) is 6.92 Å².